The molecule has 0 saturated heterocycles. The predicted octanol–water partition coefficient (Wildman–Crippen LogP) is 8.23. The second kappa shape index (κ2) is 17.9. The molecule has 7 rings (SSSR count). The monoisotopic (exact) mass is 1000 g/mol. The molecular weight excluding hydrogens is 975 g/mol. The van der Waals surface area contributed by atoms with Crippen LogP contribution in [0.1, 0.15) is 0 Å². The molecule has 49 heavy (non-hydrogen) atoms. The molecule has 3 heterocycles. The molecule has 7 nitrogen and oxygen atoms in total. The van der Waals surface area contributed by atoms with Gasteiger partial charge in [0.1, 0.15) is 0 Å². The number of methoxy groups -OCH3 is 1. The Kier molecular flexibility index (Phi) is 13.5. The maximum Gasteiger partial charge on any atom is 4.00 e. The molecule has 4 aromatic carbocycles. The Labute approximate surface area is 316 Å². The van der Waals surface area contributed by atoms with E-state index in [9.17, 15) is 0 Å². The van der Waals surface area contributed by atoms with Gasteiger partial charge in [0.2, 0.25) is 0 Å². The number of benzene rings is 4. The van der Waals surface area contributed by atoms with E-state index >= 15 is 0 Å². The fraction of sp³-hybridized carbons (Fsp3) is 0.0500. The van der Waals surface area contributed by atoms with Crippen molar-refractivity contribution in [3.8, 4) is 57.2 Å². The molecule has 0 bridgehead atoms. The van der Waals surface area contributed by atoms with Gasteiger partial charge in [0.15, 0.2) is 0 Å². The first-order valence-electron chi connectivity index (χ1n) is 14.5. The third kappa shape index (κ3) is 10.00. The van der Waals surface area contributed by atoms with Gasteiger partial charge >= 0.3 is 21.1 Å². The second-order valence-corrected chi connectivity index (χ2v) is 10.1. The standard InChI is InChI=1S/C34H23N3O3.C6H4N.2Pt/c1-36-16-17-37(24-36)28-21-32(38-2)23-33(22-28)40-31-13-7-9-27(19-31)34-20-26(14-15-35-34)25-8-6-12-30(18-25)39-29-10-4-3-5-11-29;1-2-7-5-3-4-6-7;;/h3-10,12-13,15-17,20-21,23-24H,1-2H3;3-6H;;/q-6;-1;;+4. The number of rotatable bonds is 8. The SMILES string of the molecule is COc1cc(Oc2[c-]c(-c3cc(-c4[c-]c(Oc5[c-]cccc5)ccc4)[c-]cn3)ccc2)[c-]c(N2C=CN(C)[CH-]2)c1.[C-]#Cn1cccc1.[Pt+4].[Pt]. The summed E-state index contributed by atoms with van der Waals surface area (Å²) in [6.45, 7) is 1.94. The molecule has 1 aliphatic heterocycles. The number of hydrogen-bond acceptors (Lipinski definition) is 6. The summed E-state index contributed by atoms with van der Waals surface area (Å²) < 4.78 is 19.1. The summed E-state index contributed by atoms with van der Waals surface area (Å²) in [7, 11) is 3.58. The van der Waals surface area contributed by atoms with E-state index in [0.717, 1.165) is 28.1 Å². The van der Waals surface area contributed by atoms with E-state index in [1.165, 1.54) is 0 Å². The van der Waals surface area contributed by atoms with Crippen molar-refractivity contribution in [1.29, 1.82) is 0 Å². The van der Waals surface area contributed by atoms with Gasteiger partial charge in [0, 0.05) is 62.2 Å². The summed E-state index contributed by atoms with van der Waals surface area (Å²) in [5.74, 6) is 2.92. The molecule has 248 valence electrons. The predicted molar refractivity (Wildman–Crippen MR) is 180 cm³/mol. The van der Waals surface area contributed by atoms with E-state index in [2.05, 4.69) is 41.4 Å². The molecule has 2 aromatic heterocycles. The van der Waals surface area contributed by atoms with Crippen molar-refractivity contribution in [1.82, 2.24) is 14.5 Å². The minimum absolute atomic E-state index is 0. The molecule has 0 radical (unpaired) electrons. The Morgan fingerprint density at radius 1 is 0.755 bits per heavy atom. The van der Waals surface area contributed by atoms with Crippen molar-refractivity contribution in [3.63, 3.8) is 0 Å². The topological polar surface area (TPSA) is 52.0 Å². The smallest absolute Gasteiger partial charge is 0.669 e. The summed E-state index contributed by atoms with van der Waals surface area (Å²) in [5, 5.41) is 0. The Morgan fingerprint density at radius 3 is 2.12 bits per heavy atom. The molecular formula is C40H27N4O3Pt2-3. The molecule has 1 aliphatic rings. The van der Waals surface area contributed by atoms with Crippen LogP contribution < -0.4 is 19.1 Å². The van der Waals surface area contributed by atoms with Crippen LogP contribution in [0.4, 0.5) is 5.69 Å². The fourth-order valence-electron chi connectivity index (χ4n) is 4.51. The van der Waals surface area contributed by atoms with Crippen LogP contribution in [-0.2, 0) is 42.1 Å². The van der Waals surface area contributed by atoms with Crippen LogP contribution in [0.15, 0.2) is 122 Å². The van der Waals surface area contributed by atoms with Crippen molar-refractivity contribution in [2.24, 2.45) is 0 Å². The van der Waals surface area contributed by atoms with Crippen LogP contribution in [0, 0.1) is 49.5 Å². The first-order chi connectivity index (χ1) is 23.1. The molecule has 9 heteroatoms. The van der Waals surface area contributed by atoms with E-state index in [0.29, 0.717) is 28.7 Å². The molecule has 0 saturated carbocycles. The summed E-state index contributed by atoms with van der Waals surface area (Å²) in [5.41, 5.74) is 3.97. The van der Waals surface area contributed by atoms with Crippen LogP contribution >= 0.6 is 0 Å². The van der Waals surface area contributed by atoms with Crippen LogP contribution in [0.5, 0.6) is 28.7 Å². The number of hydrogen-bond donors (Lipinski definition) is 0. The summed E-state index contributed by atoms with van der Waals surface area (Å²) >= 11 is 0. The molecule has 0 fully saturated rings. The number of para-hydroxylation sites is 1. The Hall–Kier alpha value is -5.01. The molecule has 0 amide bonds. The maximum atomic E-state index is 6.57. The normalized spacial score (nSPS) is 11.3. The van der Waals surface area contributed by atoms with Crippen LogP contribution in [0.2, 0.25) is 0 Å². The zero-order valence-corrected chi connectivity index (χ0v) is 30.8. The Balaban J connectivity index is 0.000000537. The second-order valence-electron chi connectivity index (χ2n) is 10.1. The van der Waals surface area contributed by atoms with Gasteiger partial charge in [-0.25, -0.2) is 24.2 Å². The van der Waals surface area contributed by atoms with Gasteiger partial charge in [-0.1, -0.05) is 29.7 Å². The van der Waals surface area contributed by atoms with Gasteiger partial charge in [-0.05, 0) is 31.6 Å². The zero-order chi connectivity index (χ0) is 32.4. The van der Waals surface area contributed by atoms with E-state index < -0.39 is 0 Å². The average Bonchev–Trinajstić information content (AvgIpc) is 3.81. The first kappa shape index (κ1) is 36.8. The maximum absolute atomic E-state index is 6.57. The fourth-order valence-corrected chi connectivity index (χ4v) is 4.51. The molecule has 0 atom stereocenters. The van der Waals surface area contributed by atoms with Crippen molar-refractivity contribution < 1.29 is 56.3 Å². The zero-order valence-electron chi connectivity index (χ0n) is 26.3. The van der Waals surface area contributed by atoms with Crippen LogP contribution in [0.3, 0.4) is 0 Å². The van der Waals surface area contributed by atoms with Gasteiger partial charge in [0.25, 0.3) is 0 Å². The number of pyridine rings is 1. The van der Waals surface area contributed by atoms with Crippen molar-refractivity contribution in [2.45, 2.75) is 0 Å². The number of ether oxygens (including phenoxy) is 3. The van der Waals surface area contributed by atoms with Gasteiger partial charge < -0.3 is 40.0 Å². The summed E-state index contributed by atoms with van der Waals surface area (Å²) in [4.78, 5) is 8.42. The van der Waals surface area contributed by atoms with E-state index in [1.54, 1.807) is 36.3 Å². The van der Waals surface area contributed by atoms with Gasteiger partial charge in [-0.3, -0.25) is 11.1 Å². The molecule has 0 N–H and O–H groups in total. The number of nitrogens with zero attached hydrogens (tertiary/aromatic N) is 4. The van der Waals surface area contributed by atoms with Crippen molar-refractivity contribution in [2.75, 3.05) is 19.1 Å². The minimum Gasteiger partial charge on any atom is -0.669 e. The van der Waals surface area contributed by atoms with Gasteiger partial charge in [-0.2, -0.15) is 37.0 Å². The van der Waals surface area contributed by atoms with E-state index in [4.69, 9.17) is 20.6 Å². The molecule has 0 aliphatic carbocycles. The van der Waals surface area contributed by atoms with Crippen LogP contribution in [-0.4, -0.2) is 28.6 Å². The third-order valence-electron chi connectivity index (χ3n) is 6.75. The number of anilines is 1. The average molecular weight is 1000 g/mol. The van der Waals surface area contributed by atoms with Crippen molar-refractivity contribution in [3.05, 3.63) is 165 Å². The van der Waals surface area contributed by atoms with Crippen molar-refractivity contribution >= 4 is 5.69 Å². The van der Waals surface area contributed by atoms with Gasteiger partial charge in [0.05, 0.1) is 7.11 Å². The molecule has 0 unspecified atom stereocenters. The third-order valence-corrected chi connectivity index (χ3v) is 6.75. The quantitative estimate of drug-likeness (QED) is 0.113. The Bertz CT molecular complexity index is 2010. The Morgan fingerprint density at radius 2 is 1.47 bits per heavy atom. The minimum atomic E-state index is 0. The number of aromatic nitrogens is 2. The first-order valence-corrected chi connectivity index (χ1v) is 14.5. The summed E-state index contributed by atoms with van der Waals surface area (Å²) in [6.07, 6.45) is 15.6. The largest absolute Gasteiger partial charge is 4.00 e. The molecule has 0 spiro atoms. The molecule has 6 aromatic rings. The van der Waals surface area contributed by atoms with E-state index in [-0.39, 0.29) is 42.1 Å². The van der Waals surface area contributed by atoms with Crippen LogP contribution in [0.25, 0.3) is 22.4 Å². The summed E-state index contributed by atoms with van der Waals surface area (Å²) in [6, 6.07) is 46.6. The van der Waals surface area contributed by atoms with E-state index in [1.807, 2.05) is 121 Å². The van der Waals surface area contributed by atoms with Gasteiger partial charge in [-0.15, -0.1) is 54.1 Å².